The summed E-state index contributed by atoms with van der Waals surface area (Å²) >= 11 is 0. The van der Waals surface area contributed by atoms with E-state index in [1.807, 2.05) is 32.0 Å². The molecule has 2 aromatic rings. The first-order valence-corrected chi connectivity index (χ1v) is 11.0. The molecule has 4 N–H and O–H groups in total. The van der Waals surface area contributed by atoms with Crippen LogP contribution < -0.4 is 15.4 Å². The normalized spacial score (nSPS) is 13.4. The molecule has 9 nitrogen and oxygen atoms in total. The van der Waals surface area contributed by atoms with Crippen LogP contribution in [0.3, 0.4) is 0 Å². The van der Waals surface area contributed by atoms with E-state index in [1.54, 1.807) is 36.4 Å². The second kappa shape index (κ2) is 13.2. The number of carboxylic acids is 1. The smallest absolute Gasteiger partial charge is 0.407 e. The molecule has 0 heterocycles. The number of carboxylic acid groups (broad SMARTS) is 1. The second-order valence-corrected chi connectivity index (χ2v) is 8.30. The van der Waals surface area contributed by atoms with E-state index in [2.05, 4.69) is 10.6 Å². The molecule has 0 bridgehead atoms. The van der Waals surface area contributed by atoms with Crippen LogP contribution in [-0.4, -0.2) is 53.5 Å². The van der Waals surface area contributed by atoms with E-state index in [4.69, 9.17) is 9.47 Å². The van der Waals surface area contributed by atoms with Gasteiger partial charge >= 0.3 is 12.1 Å². The van der Waals surface area contributed by atoms with Crippen LogP contribution in [0.4, 0.5) is 4.79 Å². The molecule has 2 amide bonds. The summed E-state index contributed by atoms with van der Waals surface area (Å²) in [5, 5.41) is 25.1. The van der Waals surface area contributed by atoms with Crippen molar-refractivity contribution in [3.05, 3.63) is 65.7 Å². The van der Waals surface area contributed by atoms with Crippen molar-refractivity contribution >= 4 is 18.0 Å². The number of amides is 2. The highest BCUT2D eigenvalue weighted by Crippen LogP contribution is 2.20. The number of hydrogen-bond acceptors (Lipinski definition) is 6. The van der Waals surface area contributed by atoms with Gasteiger partial charge in [-0.05, 0) is 36.0 Å². The maximum atomic E-state index is 12.7. The largest absolute Gasteiger partial charge is 0.496 e. The SMILES string of the molecule is COc1ccccc1CC(NC(=O)OCc1ccccc1)C(O)C(=O)N[C@@H](CC(C)C)C(=O)O. The van der Waals surface area contributed by atoms with Crippen molar-refractivity contribution < 1.29 is 34.1 Å². The van der Waals surface area contributed by atoms with Crippen molar-refractivity contribution in [3.63, 3.8) is 0 Å². The Morgan fingerprint density at radius 1 is 0.971 bits per heavy atom. The molecule has 0 radical (unpaired) electrons. The number of carbonyl (C=O) groups is 3. The average molecular weight is 473 g/mol. The van der Waals surface area contributed by atoms with E-state index in [-0.39, 0.29) is 25.4 Å². The number of nitrogens with one attached hydrogen (secondary N) is 2. The molecule has 0 saturated carbocycles. The zero-order valence-corrected chi connectivity index (χ0v) is 19.6. The van der Waals surface area contributed by atoms with Crippen molar-refractivity contribution in [3.8, 4) is 5.75 Å². The van der Waals surface area contributed by atoms with Gasteiger partial charge in [-0.25, -0.2) is 9.59 Å². The minimum atomic E-state index is -1.73. The molecule has 0 aliphatic carbocycles. The third-order valence-electron chi connectivity index (χ3n) is 5.12. The summed E-state index contributed by atoms with van der Waals surface area (Å²) < 4.78 is 10.6. The number of alkyl carbamates (subject to hydrolysis) is 1. The minimum absolute atomic E-state index is 0.00577. The van der Waals surface area contributed by atoms with Gasteiger partial charge in [-0.3, -0.25) is 4.79 Å². The molecule has 184 valence electrons. The molecule has 2 aromatic carbocycles. The number of para-hydroxylation sites is 1. The van der Waals surface area contributed by atoms with Gasteiger partial charge in [0.25, 0.3) is 5.91 Å². The second-order valence-electron chi connectivity index (χ2n) is 8.30. The predicted octanol–water partition coefficient (Wildman–Crippen LogP) is 2.51. The van der Waals surface area contributed by atoms with Gasteiger partial charge in [0, 0.05) is 0 Å². The molecule has 0 saturated heterocycles. The van der Waals surface area contributed by atoms with E-state index in [0.29, 0.717) is 11.3 Å². The molecular weight excluding hydrogens is 440 g/mol. The van der Waals surface area contributed by atoms with Crippen molar-refractivity contribution in [1.82, 2.24) is 10.6 Å². The first-order valence-electron chi connectivity index (χ1n) is 11.0. The average Bonchev–Trinajstić information content (AvgIpc) is 2.82. The molecule has 2 unspecified atom stereocenters. The summed E-state index contributed by atoms with van der Waals surface area (Å²) in [6.45, 7) is 3.66. The molecule has 0 aliphatic rings. The van der Waals surface area contributed by atoms with Crippen LogP contribution in [0, 0.1) is 5.92 Å². The predicted molar refractivity (Wildman–Crippen MR) is 125 cm³/mol. The van der Waals surface area contributed by atoms with Gasteiger partial charge in [0.15, 0.2) is 6.10 Å². The minimum Gasteiger partial charge on any atom is -0.496 e. The number of benzene rings is 2. The molecule has 9 heteroatoms. The Labute approximate surface area is 199 Å². The molecule has 0 aliphatic heterocycles. The van der Waals surface area contributed by atoms with Crippen LogP contribution in [0.15, 0.2) is 54.6 Å². The fourth-order valence-corrected chi connectivity index (χ4v) is 3.40. The van der Waals surface area contributed by atoms with E-state index >= 15 is 0 Å². The fourth-order valence-electron chi connectivity index (χ4n) is 3.40. The zero-order chi connectivity index (χ0) is 25.1. The molecule has 34 heavy (non-hydrogen) atoms. The quantitative estimate of drug-likeness (QED) is 0.373. The van der Waals surface area contributed by atoms with Gasteiger partial charge in [-0.2, -0.15) is 0 Å². The molecule has 2 rings (SSSR count). The number of methoxy groups -OCH3 is 1. The summed E-state index contributed by atoms with van der Waals surface area (Å²) in [5.41, 5.74) is 1.41. The number of aliphatic hydroxyl groups is 1. The maximum Gasteiger partial charge on any atom is 0.407 e. The Hall–Kier alpha value is -3.59. The van der Waals surface area contributed by atoms with E-state index in [0.717, 1.165) is 5.56 Å². The summed E-state index contributed by atoms with van der Waals surface area (Å²) in [6.07, 6.45) is -2.32. The highest BCUT2D eigenvalue weighted by atomic mass is 16.5. The highest BCUT2D eigenvalue weighted by Gasteiger charge is 2.32. The number of aliphatic carboxylic acids is 1. The lowest BCUT2D eigenvalue weighted by atomic mass is 9.99. The summed E-state index contributed by atoms with van der Waals surface area (Å²) in [7, 11) is 1.49. The topological polar surface area (TPSA) is 134 Å². The zero-order valence-electron chi connectivity index (χ0n) is 19.6. The Balaban J connectivity index is 2.16. The Morgan fingerprint density at radius 2 is 1.62 bits per heavy atom. The summed E-state index contributed by atoms with van der Waals surface area (Å²) in [4.78, 5) is 36.7. The third kappa shape index (κ3) is 8.40. The van der Waals surface area contributed by atoms with Crippen LogP contribution in [0.25, 0.3) is 0 Å². The Bertz CT molecular complexity index is 949. The van der Waals surface area contributed by atoms with E-state index < -0.39 is 36.2 Å². The molecular formula is C25H32N2O7. The Morgan fingerprint density at radius 3 is 2.24 bits per heavy atom. The van der Waals surface area contributed by atoms with Crippen molar-refractivity contribution in [2.75, 3.05) is 7.11 Å². The van der Waals surface area contributed by atoms with Gasteiger partial charge in [-0.15, -0.1) is 0 Å². The van der Waals surface area contributed by atoms with Gasteiger partial charge in [0.2, 0.25) is 0 Å². The van der Waals surface area contributed by atoms with Crippen molar-refractivity contribution in [2.45, 2.75) is 51.5 Å². The number of ether oxygens (including phenoxy) is 2. The molecule has 0 spiro atoms. The van der Waals surface area contributed by atoms with Crippen LogP contribution in [0.1, 0.15) is 31.4 Å². The van der Waals surface area contributed by atoms with Crippen LogP contribution in [0.2, 0.25) is 0 Å². The molecule has 3 atom stereocenters. The van der Waals surface area contributed by atoms with Crippen LogP contribution in [0.5, 0.6) is 5.75 Å². The van der Waals surface area contributed by atoms with Crippen molar-refractivity contribution in [1.29, 1.82) is 0 Å². The number of aliphatic hydroxyl groups excluding tert-OH is 1. The van der Waals surface area contributed by atoms with E-state index in [1.165, 1.54) is 7.11 Å². The van der Waals surface area contributed by atoms with E-state index in [9.17, 15) is 24.6 Å². The lowest BCUT2D eigenvalue weighted by Crippen LogP contribution is -2.54. The highest BCUT2D eigenvalue weighted by molar-refractivity contribution is 5.87. The maximum absolute atomic E-state index is 12.7. The first-order chi connectivity index (χ1) is 16.2. The number of hydrogen-bond donors (Lipinski definition) is 4. The molecule has 0 aromatic heterocycles. The monoisotopic (exact) mass is 472 g/mol. The number of carbonyl (C=O) groups excluding carboxylic acids is 2. The first kappa shape index (κ1) is 26.7. The number of rotatable bonds is 12. The summed E-state index contributed by atoms with van der Waals surface area (Å²) in [6, 6.07) is 13.8. The van der Waals surface area contributed by atoms with Gasteiger partial charge < -0.3 is 30.3 Å². The van der Waals surface area contributed by atoms with Gasteiger partial charge in [0.1, 0.15) is 18.4 Å². The standard InChI is InChI=1S/C25H32N2O7/c1-16(2)13-20(24(30)31)26-23(29)22(28)19(14-18-11-7-8-12-21(18)33-3)27-25(32)34-15-17-9-5-4-6-10-17/h4-12,16,19-20,22,28H,13-15H2,1-3H3,(H,26,29)(H,27,32)(H,30,31)/t19?,20-,22?/m0/s1. The lowest BCUT2D eigenvalue weighted by Gasteiger charge is -2.26. The molecule has 0 fully saturated rings. The van der Waals surface area contributed by atoms with Crippen LogP contribution in [-0.2, 0) is 27.4 Å². The third-order valence-corrected chi connectivity index (χ3v) is 5.12. The van der Waals surface area contributed by atoms with Crippen molar-refractivity contribution in [2.24, 2.45) is 5.92 Å². The van der Waals surface area contributed by atoms with Gasteiger partial charge in [0.05, 0.1) is 13.2 Å². The van der Waals surface area contributed by atoms with Gasteiger partial charge in [-0.1, -0.05) is 62.4 Å². The Kier molecular flexibility index (Phi) is 10.3. The lowest BCUT2D eigenvalue weighted by molar-refractivity contribution is -0.144. The van der Waals surface area contributed by atoms with Crippen LogP contribution >= 0.6 is 0 Å². The fraction of sp³-hybridized carbons (Fsp3) is 0.400. The summed E-state index contributed by atoms with van der Waals surface area (Å²) in [5.74, 6) is -1.58.